The maximum absolute atomic E-state index is 14.7. The lowest BCUT2D eigenvalue weighted by atomic mass is 10.00. The third kappa shape index (κ3) is 5.66. The van der Waals surface area contributed by atoms with Gasteiger partial charge < -0.3 is 28.7 Å². The van der Waals surface area contributed by atoms with Crippen molar-refractivity contribution in [3.8, 4) is 17.0 Å². The molecule has 43 heavy (non-hydrogen) atoms. The van der Waals surface area contributed by atoms with Crippen molar-refractivity contribution >= 4 is 39.6 Å². The molecule has 2 saturated heterocycles. The van der Waals surface area contributed by atoms with Gasteiger partial charge in [0.1, 0.15) is 22.7 Å². The third-order valence-electron chi connectivity index (χ3n) is 8.27. The second-order valence-electron chi connectivity index (χ2n) is 11.2. The van der Waals surface area contributed by atoms with Gasteiger partial charge in [-0.05, 0) is 62.8 Å². The number of fused-ring (bicyclic) bond motifs is 3. The molecule has 2 aromatic carbocycles. The number of piperidine rings is 1. The van der Waals surface area contributed by atoms with Crippen LogP contribution in [0.2, 0.25) is 0 Å². The first-order chi connectivity index (χ1) is 20.4. The normalized spacial score (nSPS) is 22.5. The zero-order valence-corrected chi connectivity index (χ0v) is 24.2. The van der Waals surface area contributed by atoms with Crippen LogP contribution in [0, 0.1) is 5.82 Å². The molecule has 4 aromatic rings. The molecule has 228 valence electrons. The fraction of sp³-hybridized carbons (Fsp3) is 0.429. The summed E-state index contributed by atoms with van der Waals surface area (Å²) in [5.41, 5.74) is 1.15. The van der Waals surface area contributed by atoms with Gasteiger partial charge in [-0.15, -0.1) is 13.2 Å². The van der Waals surface area contributed by atoms with Gasteiger partial charge in [0.25, 0.3) is 0 Å². The molecule has 7 rings (SSSR count). The molecule has 15 heteroatoms. The summed E-state index contributed by atoms with van der Waals surface area (Å²) in [4.78, 5) is 25.7. The Bertz CT molecular complexity index is 1720. The van der Waals surface area contributed by atoms with E-state index in [4.69, 9.17) is 9.26 Å². The number of nitrogens with zero attached hydrogens (tertiary/aromatic N) is 3. The highest BCUT2D eigenvalue weighted by molar-refractivity contribution is 7.60. The Balaban J connectivity index is 1.10. The Hall–Kier alpha value is -3.03. The van der Waals surface area contributed by atoms with E-state index < -0.39 is 19.8 Å². The first kappa shape index (κ1) is 28.7. The van der Waals surface area contributed by atoms with Gasteiger partial charge in [0, 0.05) is 29.1 Å². The van der Waals surface area contributed by atoms with Crippen molar-refractivity contribution in [3.63, 3.8) is 0 Å². The highest BCUT2D eigenvalue weighted by Gasteiger charge is 2.43. The van der Waals surface area contributed by atoms with E-state index in [0.29, 0.717) is 34.0 Å². The number of hydrogen-bond acceptors (Lipinski definition) is 8. The number of rotatable bonds is 8. The lowest BCUT2D eigenvalue weighted by Crippen LogP contribution is -2.45. The van der Waals surface area contributed by atoms with Crippen LogP contribution in [0.25, 0.3) is 21.5 Å². The van der Waals surface area contributed by atoms with Crippen LogP contribution in [-0.2, 0) is 15.9 Å². The van der Waals surface area contributed by atoms with Crippen LogP contribution in [0.4, 0.5) is 22.7 Å². The molecule has 2 bridgehead atoms. The molecular formula is C28H26F4N3O6PS. The number of alkyl halides is 3. The molecule has 2 aliphatic heterocycles. The zero-order valence-electron chi connectivity index (χ0n) is 22.5. The van der Waals surface area contributed by atoms with Gasteiger partial charge in [-0.3, -0.25) is 4.57 Å². The molecule has 0 radical (unpaired) electrons. The summed E-state index contributed by atoms with van der Waals surface area (Å²) in [6.07, 6.45) is -0.106. The van der Waals surface area contributed by atoms with Crippen molar-refractivity contribution in [2.24, 2.45) is 0 Å². The summed E-state index contributed by atoms with van der Waals surface area (Å²) >= 11 is 1.20. The highest BCUT2D eigenvalue weighted by atomic mass is 32.1. The van der Waals surface area contributed by atoms with E-state index in [1.807, 2.05) is 0 Å². The van der Waals surface area contributed by atoms with Crippen LogP contribution in [0.5, 0.6) is 5.75 Å². The van der Waals surface area contributed by atoms with Crippen LogP contribution >= 0.6 is 18.9 Å². The number of anilines is 1. The topological polar surface area (TPSA) is 118 Å². The van der Waals surface area contributed by atoms with Crippen molar-refractivity contribution in [2.75, 3.05) is 4.90 Å². The van der Waals surface area contributed by atoms with Crippen LogP contribution in [0.15, 0.2) is 40.9 Å². The molecule has 2 unspecified atom stereocenters. The van der Waals surface area contributed by atoms with Gasteiger partial charge in [-0.2, -0.15) is 0 Å². The number of hydrogen-bond donors (Lipinski definition) is 2. The highest BCUT2D eigenvalue weighted by Crippen LogP contribution is 2.47. The van der Waals surface area contributed by atoms with Gasteiger partial charge in [-0.1, -0.05) is 28.6 Å². The van der Waals surface area contributed by atoms with E-state index in [1.54, 1.807) is 6.07 Å². The molecule has 0 spiro atoms. The van der Waals surface area contributed by atoms with Crippen molar-refractivity contribution in [2.45, 2.75) is 75.6 Å². The Morgan fingerprint density at radius 1 is 1.09 bits per heavy atom. The van der Waals surface area contributed by atoms with E-state index in [2.05, 4.69) is 19.8 Å². The van der Waals surface area contributed by atoms with E-state index in [0.717, 1.165) is 31.7 Å². The van der Waals surface area contributed by atoms with Crippen molar-refractivity contribution in [1.29, 1.82) is 0 Å². The second kappa shape index (κ2) is 10.6. The number of thiazole rings is 1. The van der Waals surface area contributed by atoms with E-state index >= 15 is 0 Å². The van der Waals surface area contributed by atoms with Crippen molar-refractivity contribution in [3.05, 3.63) is 53.5 Å². The molecule has 0 amide bonds. The second-order valence-corrected chi connectivity index (χ2v) is 13.8. The number of halogens is 4. The number of aromatic nitrogens is 2. The Morgan fingerprint density at radius 3 is 2.49 bits per heavy atom. The van der Waals surface area contributed by atoms with Crippen LogP contribution in [0.1, 0.15) is 55.8 Å². The number of ether oxygens (including phenoxy) is 2. The summed E-state index contributed by atoms with van der Waals surface area (Å²) in [5, 5.41) is 4.37. The molecule has 1 saturated carbocycles. The third-order valence-corrected chi connectivity index (χ3v) is 10.2. The molecule has 9 nitrogen and oxygen atoms in total. The molecule has 3 fully saturated rings. The van der Waals surface area contributed by atoms with Crippen LogP contribution in [0.3, 0.4) is 0 Å². The predicted octanol–water partition coefficient (Wildman–Crippen LogP) is 6.39. The average Bonchev–Trinajstić information content (AvgIpc) is 3.44. The first-order valence-electron chi connectivity index (χ1n) is 13.8. The molecule has 2 N–H and O–H groups in total. The van der Waals surface area contributed by atoms with Gasteiger partial charge in [0.2, 0.25) is 0 Å². The summed E-state index contributed by atoms with van der Waals surface area (Å²) in [6.45, 7) is 0.118. The van der Waals surface area contributed by atoms with Gasteiger partial charge in [-0.25, -0.2) is 9.37 Å². The van der Waals surface area contributed by atoms with E-state index in [9.17, 15) is 31.9 Å². The Kier molecular flexibility index (Phi) is 7.05. The number of benzene rings is 2. The fourth-order valence-electron chi connectivity index (χ4n) is 6.23. The lowest BCUT2D eigenvalue weighted by Gasteiger charge is -2.38. The minimum Gasteiger partial charge on any atom is -0.405 e. The lowest BCUT2D eigenvalue weighted by molar-refractivity contribution is -0.274. The first-order valence-corrected chi connectivity index (χ1v) is 16.3. The Labute approximate surface area is 246 Å². The smallest absolute Gasteiger partial charge is 0.405 e. The minimum atomic E-state index is -4.86. The standard InChI is InChI=1S/C28H26F4N3O6PS/c29-21-11-18(42(36,37)38)12-23-25(21)33-27(43-23)35-15-7-8-16(35)10-17(9-15)39-13-20-24(34-41-26(20)14-5-6-14)19-3-1-2-4-22(19)40-28(30,31)32/h1-4,11-12,14-17H,5-10,13H2,(H2,36,37,38). The Morgan fingerprint density at radius 2 is 1.81 bits per heavy atom. The summed E-state index contributed by atoms with van der Waals surface area (Å²) < 4.78 is 82.4. The van der Waals surface area contributed by atoms with Gasteiger partial charge in [0.15, 0.2) is 10.9 Å². The van der Waals surface area contributed by atoms with Crippen molar-refractivity contribution in [1.82, 2.24) is 10.1 Å². The van der Waals surface area contributed by atoms with Crippen molar-refractivity contribution < 1.29 is 45.9 Å². The SMILES string of the molecule is O=P(O)(O)c1cc(F)c2nc(N3C4CCC3CC(OCc3c(-c5ccccc5OC(F)(F)F)noc3C3CC3)C4)sc2c1. The molecule has 4 heterocycles. The summed E-state index contributed by atoms with van der Waals surface area (Å²) in [5.74, 6) is -0.358. The zero-order chi connectivity index (χ0) is 30.1. The molecular weight excluding hydrogens is 613 g/mol. The maximum atomic E-state index is 14.7. The average molecular weight is 640 g/mol. The monoisotopic (exact) mass is 639 g/mol. The van der Waals surface area contributed by atoms with Crippen LogP contribution < -0.4 is 14.9 Å². The predicted molar refractivity (Wildman–Crippen MR) is 149 cm³/mol. The van der Waals surface area contributed by atoms with E-state index in [-0.39, 0.29) is 58.5 Å². The quantitative estimate of drug-likeness (QED) is 0.167. The summed E-state index contributed by atoms with van der Waals surface area (Å²) in [7, 11) is -4.62. The fourth-order valence-corrected chi connectivity index (χ4v) is 8.06. The molecule has 2 aromatic heterocycles. The molecule has 3 aliphatic rings. The van der Waals surface area contributed by atoms with Crippen LogP contribution in [-0.4, -0.2) is 44.5 Å². The minimum absolute atomic E-state index is 0.0689. The largest absolute Gasteiger partial charge is 0.573 e. The maximum Gasteiger partial charge on any atom is 0.573 e. The number of para-hydroxylation sites is 1. The van der Waals surface area contributed by atoms with Gasteiger partial charge in [0.05, 0.1) is 22.7 Å². The van der Waals surface area contributed by atoms with Gasteiger partial charge >= 0.3 is 14.0 Å². The molecule has 2 atom stereocenters. The summed E-state index contributed by atoms with van der Waals surface area (Å²) in [6, 6.07) is 8.10. The van der Waals surface area contributed by atoms with E-state index in [1.165, 1.54) is 35.6 Å². The molecule has 1 aliphatic carbocycles.